The van der Waals surface area contributed by atoms with Gasteiger partial charge in [-0.05, 0) is 26.4 Å². The molecule has 1 rings (SSSR count). The second-order valence-corrected chi connectivity index (χ2v) is 4.74. The molecule has 1 N–H and O–H groups in total. The zero-order valence-electron chi connectivity index (χ0n) is 9.92. The third kappa shape index (κ3) is 3.56. The zero-order chi connectivity index (χ0) is 10.6. The van der Waals surface area contributed by atoms with Crippen LogP contribution >= 0.6 is 0 Å². The van der Waals surface area contributed by atoms with Crippen molar-refractivity contribution in [2.45, 2.75) is 32.4 Å². The van der Waals surface area contributed by atoms with Gasteiger partial charge < -0.3 is 15.0 Å². The van der Waals surface area contributed by atoms with E-state index >= 15 is 0 Å². The molecule has 3 nitrogen and oxygen atoms in total. The van der Waals surface area contributed by atoms with Crippen LogP contribution in [0.3, 0.4) is 0 Å². The van der Waals surface area contributed by atoms with Gasteiger partial charge in [0.05, 0.1) is 6.61 Å². The molecule has 84 valence electrons. The van der Waals surface area contributed by atoms with Crippen molar-refractivity contribution in [3.63, 3.8) is 0 Å². The van der Waals surface area contributed by atoms with Crippen molar-refractivity contribution < 1.29 is 4.74 Å². The van der Waals surface area contributed by atoms with Crippen LogP contribution in [0.4, 0.5) is 0 Å². The van der Waals surface area contributed by atoms with Crippen molar-refractivity contribution in [3.05, 3.63) is 0 Å². The van der Waals surface area contributed by atoms with E-state index in [1.54, 1.807) is 0 Å². The van der Waals surface area contributed by atoms with Gasteiger partial charge in [-0.3, -0.25) is 0 Å². The fourth-order valence-electron chi connectivity index (χ4n) is 2.00. The second kappa shape index (κ2) is 5.69. The Morgan fingerprint density at radius 3 is 2.57 bits per heavy atom. The van der Waals surface area contributed by atoms with Gasteiger partial charge in [0.2, 0.25) is 0 Å². The molecular formula is C11H24N2O. The topological polar surface area (TPSA) is 24.5 Å². The number of nitrogens with one attached hydrogen (secondary N) is 1. The van der Waals surface area contributed by atoms with Crippen LogP contribution in [-0.4, -0.2) is 50.8 Å². The van der Waals surface area contributed by atoms with Gasteiger partial charge in [-0.1, -0.05) is 13.8 Å². The summed E-state index contributed by atoms with van der Waals surface area (Å²) in [5.74, 6) is 0.694. The number of hydrogen-bond donors (Lipinski definition) is 1. The van der Waals surface area contributed by atoms with Gasteiger partial charge in [0.25, 0.3) is 0 Å². The molecule has 14 heavy (non-hydrogen) atoms. The molecule has 0 bridgehead atoms. The van der Waals surface area contributed by atoms with Crippen molar-refractivity contribution >= 4 is 0 Å². The van der Waals surface area contributed by atoms with E-state index in [1.807, 2.05) is 0 Å². The molecule has 0 aromatic rings. The average Bonchev–Trinajstić information content (AvgIpc) is 2.55. The lowest BCUT2D eigenvalue weighted by Crippen LogP contribution is -2.44. The first kappa shape index (κ1) is 12.0. The smallest absolute Gasteiger partial charge is 0.0620 e. The normalized spacial score (nSPS) is 24.9. The third-order valence-electron chi connectivity index (χ3n) is 2.98. The lowest BCUT2D eigenvalue weighted by molar-refractivity contribution is 0.182. The summed E-state index contributed by atoms with van der Waals surface area (Å²) in [7, 11) is 4.30. The van der Waals surface area contributed by atoms with Crippen molar-refractivity contribution in [2.75, 3.05) is 33.9 Å². The van der Waals surface area contributed by atoms with Gasteiger partial charge in [-0.2, -0.15) is 0 Å². The zero-order valence-corrected chi connectivity index (χ0v) is 9.92. The van der Waals surface area contributed by atoms with Crippen LogP contribution in [0, 0.1) is 5.92 Å². The molecule has 0 aliphatic carbocycles. The number of nitrogens with zero attached hydrogens (tertiary/aromatic N) is 1. The lowest BCUT2D eigenvalue weighted by Gasteiger charge is -2.29. The molecule has 1 fully saturated rings. The predicted molar refractivity (Wildman–Crippen MR) is 59.5 cm³/mol. The Morgan fingerprint density at radius 1 is 1.43 bits per heavy atom. The van der Waals surface area contributed by atoms with Crippen molar-refractivity contribution in [1.82, 2.24) is 10.2 Å². The largest absolute Gasteiger partial charge is 0.380 e. The Hall–Kier alpha value is -0.120. The van der Waals surface area contributed by atoms with Gasteiger partial charge in [0.1, 0.15) is 0 Å². The summed E-state index contributed by atoms with van der Waals surface area (Å²) in [5.41, 5.74) is 0. The maximum absolute atomic E-state index is 5.33. The summed E-state index contributed by atoms with van der Waals surface area (Å²) < 4.78 is 5.33. The van der Waals surface area contributed by atoms with E-state index in [0.717, 1.165) is 26.2 Å². The molecule has 0 aromatic heterocycles. The van der Waals surface area contributed by atoms with Gasteiger partial charge >= 0.3 is 0 Å². The number of hydrogen-bond acceptors (Lipinski definition) is 3. The Bertz CT molecular complexity index is 145. The molecule has 1 aliphatic heterocycles. The van der Waals surface area contributed by atoms with Crippen LogP contribution < -0.4 is 5.32 Å². The van der Waals surface area contributed by atoms with E-state index in [4.69, 9.17) is 4.74 Å². The predicted octanol–water partition coefficient (Wildman–Crippen LogP) is 0.951. The lowest BCUT2D eigenvalue weighted by atomic mass is 10.0. The first-order chi connectivity index (χ1) is 6.61. The quantitative estimate of drug-likeness (QED) is 0.715. The molecule has 2 atom stereocenters. The number of likely N-dealkylation sites (N-methyl/N-ethyl adjacent to an activating group) is 1. The van der Waals surface area contributed by atoms with E-state index in [1.165, 1.54) is 0 Å². The Balaban J connectivity index is 2.25. The Morgan fingerprint density at radius 2 is 2.14 bits per heavy atom. The molecule has 1 heterocycles. The first-order valence-electron chi connectivity index (χ1n) is 5.58. The number of rotatable bonds is 5. The van der Waals surface area contributed by atoms with Gasteiger partial charge in [-0.15, -0.1) is 0 Å². The van der Waals surface area contributed by atoms with Crippen LogP contribution in [-0.2, 0) is 4.74 Å². The highest BCUT2D eigenvalue weighted by atomic mass is 16.5. The maximum Gasteiger partial charge on any atom is 0.0620 e. The van der Waals surface area contributed by atoms with E-state index in [2.05, 4.69) is 38.2 Å². The molecule has 1 aliphatic rings. The van der Waals surface area contributed by atoms with Crippen LogP contribution in [0.25, 0.3) is 0 Å². The highest BCUT2D eigenvalue weighted by Crippen LogP contribution is 2.08. The van der Waals surface area contributed by atoms with Crippen LogP contribution in [0.15, 0.2) is 0 Å². The Labute approximate surface area is 87.8 Å². The van der Waals surface area contributed by atoms with Gasteiger partial charge in [-0.25, -0.2) is 0 Å². The number of ether oxygens (including phenoxy) is 1. The van der Waals surface area contributed by atoms with Crippen molar-refractivity contribution in [3.8, 4) is 0 Å². The molecule has 0 amide bonds. The Kier molecular flexibility index (Phi) is 4.85. The molecule has 0 aromatic carbocycles. The molecular weight excluding hydrogens is 176 g/mol. The minimum Gasteiger partial charge on any atom is -0.380 e. The summed E-state index contributed by atoms with van der Waals surface area (Å²) in [6.07, 6.45) is 1.16. The van der Waals surface area contributed by atoms with Crippen LogP contribution in [0.2, 0.25) is 0 Å². The van der Waals surface area contributed by atoms with E-state index < -0.39 is 0 Å². The fraction of sp³-hybridized carbons (Fsp3) is 1.00. The second-order valence-electron chi connectivity index (χ2n) is 4.74. The van der Waals surface area contributed by atoms with E-state index in [-0.39, 0.29) is 0 Å². The van der Waals surface area contributed by atoms with Crippen molar-refractivity contribution in [1.29, 1.82) is 0 Å². The van der Waals surface area contributed by atoms with E-state index in [9.17, 15) is 0 Å². The highest BCUT2D eigenvalue weighted by molar-refractivity contribution is 4.78. The SMILES string of the molecule is CC(C)C(CNC1CCOC1)N(C)C. The third-order valence-corrected chi connectivity index (χ3v) is 2.98. The average molecular weight is 200 g/mol. The van der Waals surface area contributed by atoms with E-state index in [0.29, 0.717) is 18.0 Å². The van der Waals surface area contributed by atoms with Crippen LogP contribution in [0.1, 0.15) is 20.3 Å². The molecule has 3 heteroatoms. The summed E-state index contributed by atoms with van der Waals surface area (Å²) >= 11 is 0. The maximum atomic E-state index is 5.33. The summed E-state index contributed by atoms with van der Waals surface area (Å²) in [6, 6.07) is 1.20. The monoisotopic (exact) mass is 200 g/mol. The fourth-order valence-corrected chi connectivity index (χ4v) is 2.00. The molecule has 0 saturated carbocycles. The molecule has 0 radical (unpaired) electrons. The van der Waals surface area contributed by atoms with Gasteiger partial charge in [0.15, 0.2) is 0 Å². The minimum absolute atomic E-state index is 0.580. The summed E-state index contributed by atoms with van der Waals surface area (Å²) in [5, 5.41) is 3.58. The minimum atomic E-state index is 0.580. The molecule has 2 unspecified atom stereocenters. The van der Waals surface area contributed by atoms with Crippen LogP contribution in [0.5, 0.6) is 0 Å². The van der Waals surface area contributed by atoms with Gasteiger partial charge in [0, 0.05) is 25.2 Å². The summed E-state index contributed by atoms with van der Waals surface area (Å²) in [6.45, 7) is 7.43. The standard InChI is InChI=1S/C11H24N2O/c1-9(2)11(13(3)4)7-12-10-5-6-14-8-10/h9-12H,5-8H2,1-4H3. The molecule has 1 saturated heterocycles. The van der Waals surface area contributed by atoms with Crippen molar-refractivity contribution in [2.24, 2.45) is 5.92 Å². The first-order valence-corrected chi connectivity index (χ1v) is 5.58. The summed E-state index contributed by atoms with van der Waals surface area (Å²) in [4.78, 5) is 2.30. The highest BCUT2D eigenvalue weighted by Gasteiger charge is 2.19. The molecule has 0 spiro atoms.